The summed E-state index contributed by atoms with van der Waals surface area (Å²) in [6.07, 6.45) is 1.85. The van der Waals surface area contributed by atoms with Crippen molar-refractivity contribution in [3.8, 4) is 17.0 Å². The maximum atomic E-state index is 14.2. The minimum atomic E-state index is -0.430. The molecule has 2 rings (SSSR count). The average molecular weight is 267 g/mol. The van der Waals surface area contributed by atoms with Crippen LogP contribution in [0.2, 0.25) is 5.02 Å². The van der Waals surface area contributed by atoms with Gasteiger partial charge in [-0.3, -0.25) is 0 Å². The molecule has 0 aliphatic heterocycles. The highest BCUT2D eigenvalue weighted by Gasteiger charge is 2.15. The summed E-state index contributed by atoms with van der Waals surface area (Å²) in [6.45, 7) is 1.84. The van der Waals surface area contributed by atoms with Crippen LogP contribution in [0.4, 0.5) is 4.39 Å². The van der Waals surface area contributed by atoms with Crippen molar-refractivity contribution in [2.75, 3.05) is 7.11 Å². The Kier molecular flexibility index (Phi) is 3.77. The smallest absolute Gasteiger partial charge is 0.171 e. The lowest BCUT2D eigenvalue weighted by molar-refractivity contribution is 0.416. The van der Waals surface area contributed by atoms with Crippen LogP contribution in [0.5, 0.6) is 5.75 Å². The minimum Gasteiger partial charge on any atom is -0.496 e. The van der Waals surface area contributed by atoms with Gasteiger partial charge in [-0.1, -0.05) is 18.5 Å². The SMILES string of the molecule is CCc1ncnc(-c2cc(Cl)ccc2OC)c1F. The summed E-state index contributed by atoms with van der Waals surface area (Å²) in [5.41, 5.74) is 1.11. The first-order valence-electron chi connectivity index (χ1n) is 5.50. The van der Waals surface area contributed by atoms with Gasteiger partial charge in [0.1, 0.15) is 17.8 Å². The number of hydrogen-bond acceptors (Lipinski definition) is 3. The predicted octanol–water partition coefficient (Wildman–Crippen LogP) is 3.51. The molecule has 5 heteroatoms. The number of methoxy groups -OCH3 is 1. The lowest BCUT2D eigenvalue weighted by Crippen LogP contribution is -2.00. The zero-order valence-corrected chi connectivity index (χ0v) is 10.8. The molecule has 1 aromatic heterocycles. The van der Waals surface area contributed by atoms with Crippen molar-refractivity contribution in [2.24, 2.45) is 0 Å². The fourth-order valence-corrected chi connectivity index (χ4v) is 1.88. The maximum Gasteiger partial charge on any atom is 0.171 e. The topological polar surface area (TPSA) is 35.0 Å². The van der Waals surface area contributed by atoms with Crippen molar-refractivity contribution in [1.82, 2.24) is 9.97 Å². The van der Waals surface area contributed by atoms with E-state index in [1.54, 1.807) is 18.2 Å². The number of rotatable bonds is 3. The van der Waals surface area contributed by atoms with E-state index < -0.39 is 5.82 Å². The van der Waals surface area contributed by atoms with Gasteiger partial charge in [0.25, 0.3) is 0 Å². The Labute approximate surface area is 110 Å². The van der Waals surface area contributed by atoms with Crippen LogP contribution in [0.25, 0.3) is 11.3 Å². The van der Waals surface area contributed by atoms with E-state index in [1.807, 2.05) is 6.92 Å². The second-order valence-electron chi connectivity index (χ2n) is 3.68. The van der Waals surface area contributed by atoms with Crippen molar-refractivity contribution in [3.05, 3.63) is 41.1 Å². The number of halogens is 2. The molecule has 0 atom stereocenters. The first kappa shape index (κ1) is 12.8. The van der Waals surface area contributed by atoms with Gasteiger partial charge < -0.3 is 4.74 Å². The van der Waals surface area contributed by atoms with E-state index >= 15 is 0 Å². The molecule has 0 aliphatic carbocycles. The largest absolute Gasteiger partial charge is 0.496 e. The first-order chi connectivity index (χ1) is 8.67. The van der Waals surface area contributed by atoms with E-state index in [0.29, 0.717) is 28.5 Å². The minimum absolute atomic E-state index is 0.209. The average Bonchev–Trinajstić information content (AvgIpc) is 2.39. The summed E-state index contributed by atoms with van der Waals surface area (Å²) < 4.78 is 19.4. The molecule has 1 aromatic carbocycles. The van der Waals surface area contributed by atoms with Crippen LogP contribution in [0, 0.1) is 5.82 Å². The van der Waals surface area contributed by atoms with E-state index in [2.05, 4.69) is 9.97 Å². The van der Waals surface area contributed by atoms with Gasteiger partial charge in [-0.2, -0.15) is 0 Å². The fraction of sp³-hybridized carbons (Fsp3) is 0.231. The third kappa shape index (κ3) is 2.29. The predicted molar refractivity (Wildman–Crippen MR) is 68.4 cm³/mol. The third-order valence-corrected chi connectivity index (χ3v) is 2.85. The van der Waals surface area contributed by atoms with Gasteiger partial charge in [0, 0.05) is 10.6 Å². The number of ether oxygens (including phenoxy) is 1. The molecule has 0 spiro atoms. The van der Waals surface area contributed by atoms with Gasteiger partial charge in [-0.25, -0.2) is 14.4 Å². The number of nitrogens with zero attached hydrogens (tertiary/aromatic N) is 2. The van der Waals surface area contributed by atoms with Crippen LogP contribution in [-0.4, -0.2) is 17.1 Å². The van der Waals surface area contributed by atoms with Gasteiger partial charge in [-0.05, 0) is 24.6 Å². The number of aryl methyl sites for hydroxylation is 1. The molecule has 0 fully saturated rings. The quantitative estimate of drug-likeness (QED) is 0.853. The highest BCUT2D eigenvalue weighted by Crippen LogP contribution is 2.33. The van der Waals surface area contributed by atoms with Crippen LogP contribution in [0.3, 0.4) is 0 Å². The molecule has 94 valence electrons. The highest BCUT2D eigenvalue weighted by atomic mass is 35.5. The molecular weight excluding hydrogens is 255 g/mol. The molecule has 2 aromatic rings. The summed E-state index contributed by atoms with van der Waals surface area (Å²) in [7, 11) is 1.52. The molecule has 0 bridgehead atoms. The lowest BCUT2D eigenvalue weighted by atomic mass is 10.1. The number of benzene rings is 1. The monoisotopic (exact) mass is 266 g/mol. The summed E-state index contributed by atoms with van der Waals surface area (Å²) in [4.78, 5) is 7.88. The van der Waals surface area contributed by atoms with E-state index in [1.165, 1.54) is 13.4 Å². The molecule has 0 unspecified atom stereocenters. The van der Waals surface area contributed by atoms with E-state index in [0.717, 1.165) is 0 Å². The first-order valence-corrected chi connectivity index (χ1v) is 5.88. The van der Waals surface area contributed by atoms with Crippen LogP contribution in [-0.2, 0) is 6.42 Å². The van der Waals surface area contributed by atoms with Crippen molar-refractivity contribution in [1.29, 1.82) is 0 Å². The fourth-order valence-electron chi connectivity index (χ4n) is 1.71. The van der Waals surface area contributed by atoms with Gasteiger partial charge in [0.05, 0.1) is 12.8 Å². The van der Waals surface area contributed by atoms with E-state index in [-0.39, 0.29) is 5.69 Å². The molecule has 0 saturated heterocycles. The Morgan fingerprint density at radius 1 is 1.33 bits per heavy atom. The standard InChI is InChI=1S/C13H12ClFN2O/c1-3-10-12(15)13(17-7-16-10)9-6-8(14)4-5-11(9)18-2/h4-7H,3H2,1-2H3. The van der Waals surface area contributed by atoms with E-state index in [4.69, 9.17) is 16.3 Å². The maximum absolute atomic E-state index is 14.2. The van der Waals surface area contributed by atoms with Gasteiger partial charge in [-0.15, -0.1) is 0 Å². The Morgan fingerprint density at radius 2 is 2.11 bits per heavy atom. The second kappa shape index (κ2) is 5.31. The van der Waals surface area contributed by atoms with Crippen molar-refractivity contribution in [2.45, 2.75) is 13.3 Å². The molecule has 0 amide bonds. The van der Waals surface area contributed by atoms with Crippen molar-refractivity contribution in [3.63, 3.8) is 0 Å². The van der Waals surface area contributed by atoms with Gasteiger partial charge >= 0.3 is 0 Å². The molecule has 0 N–H and O–H groups in total. The van der Waals surface area contributed by atoms with Crippen molar-refractivity contribution >= 4 is 11.6 Å². The van der Waals surface area contributed by atoms with Gasteiger partial charge in [0.15, 0.2) is 5.82 Å². The summed E-state index contributed by atoms with van der Waals surface area (Å²) in [5.74, 6) is 0.0969. The molecule has 3 nitrogen and oxygen atoms in total. The Balaban J connectivity index is 2.64. The molecular formula is C13H12ClFN2O. The Morgan fingerprint density at radius 3 is 2.78 bits per heavy atom. The molecule has 1 heterocycles. The Hall–Kier alpha value is -1.68. The summed E-state index contributed by atoms with van der Waals surface area (Å²) >= 11 is 5.93. The summed E-state index contributed by atoms with van der Waals surface area (Å²) in [5, 5.41) is 0.502. The van der Waals surface area contributed by atoms with E-state index in [9.17, 15) is 4.39 Å². The molecule has 0 saturated carbocycles. The zero-order chi connectivity index (χ0) is 13.1. The lowest BCUT2D eigenvalue weighted by Gasteiger charge is -2.10. The van der Waals surface area contributed by atoms with Crippen LogP contribution >= 0.6 is 11.6 Å². The normalized spacial score (nSPS) is 10.4. The Bertz CT molecular complexity index is 575. The number of hydrogen-bond donors (Lipinski definition) is 0. The molecule has 0 aliphatic rings. The highest BCUT2D eigenvalue weighted by molar-refractivity contribution is 6.30. The van der Waals surface area contributed by atoms with Crippen LogP contribution in [0.15, 0.2) is 24.5 Å². The van der Waals surface area contributed by atoms with Crippen LogP contribution in [0.1, 0.15) is 12.6 Å². The zero-order valence-electron chi connectivity index (χ0n) is 10.1. The van der Waals surface area contributed by atoms with Crippen molar-refractivity contribution < 1.29 is 9.13 Å². The van der Waals surface area contributed by atoms with Gasteiger partial charge in [0.2, 0.25) is 0 Å². The summed E-state index contributed by atoms with van der Waals surface area (Å²) in [6, 6.07) is 5.00. The third-order valence-electron chi connectivity index (χ3n) is 2.61. The number of aromatic nitrogens is 2. The second-order valence-corrected chi connectivity index (χ2v) is 4.12. The van der Waals surface area contributed by atoms with Crippen LogP contribution < -0.4 is 4.74 Å². The molecule has 0 radical (unpaired) electrons. The molecule has 18 heavy (non-hydrogen) atoms.